The van der Waals surface area contributed by atoms with Gasteiger partial charge < -0.3 is 34.9 Å². The molecule has 1 saturated heterocycles. The number of amides is 2. The molecule has 4 atom stereocenters. The fourth-order valence-corrected chi connectivity index (χ4v) is 2.53. The minimum Gasteiger partial charge on any atom is -0.459 e. The van der Waals surface area contributed by atoms with Crippen LogP contribution in [0.15, 0.2) is 22.8 Å². The van der Waals surface area contributed by atoms with Gasteiger partial charge in [0.25, 0.3) is 5.91 Å². The Bertz CT molecular complexity index is 562. The molecule has 9 nitrogen and oxygen atoms in total. The van der Waals surface area contributed by atoms with Crippen LogP contribution in [0.25, 0.3) is 0 Å². The van der Waals surface area contributed by atoms with Crippen molar-refractivity contribution >= 4 is 11.8 Å². The predicted molar refractivity (Wildman–Crippen MR) is 87.9 cm³/mol. The van der Waals surface area contributed by atoms with Gasteiger partial charge in [-0.2, -0.15) is 0 Å². The maximum atomic E-state index is 11.9. The van der Waals surface area contributed by atoms with Gasteiger partial charge in [0, 0.05) is 19.6 Å². The van der Waals surface area contributed by atoms with E-state index in [2.05, 4.69) is 10.6 Å². The number of hydrogen-bond donors (Lipinski definition) is 4. The zero-order chi connectivity index (χ0) is 18.4. The van der Waals surface area contributed by atoms with Gasteiger partial charge in [-0.1, -0.05) is 0 Å². The molecular weight excluding hydrogens is 330 g/mol. The minimum atomic E-state index is -1.19. The highest BCUT2D eigenvalue weighted by molar-refractivity contribution is 5.91. The van der Waals surface area contributed by atoms with Gasteiger partial charge in [0.05, 0.1) is 18.8 Å². The number of hydrogen-bond acceptors (Lipinski definition) is 7. The summed E-state index contributed by atoms with van der Waals surface area (Å²) in [4.78, 5) is 25.6. The predicted octanol–water partition coefficient (Wildman–Crippen LogP) is -1.43. The van der Waals surface area contributed by atoms with E-state index < -0.39 is 30.3 Å². The Kier molecular flexibility index (Phi) is 6.94. The van der Waals surface area contributed by atoms with E-state index in [9.17, 15) is 19.8 Å². The monoisotopic (exact) mass is 355 g/mol. The van der Waals surface area contributed by atoms with Crippen molar-refractivity contribution in [2.75, 3.05) is 33.7 Å². The van der Waals surface area contributed by atoms with E-state index in [1.807, 2.05) is 19.0 Å². The summed E-state index contributed by atoms with van der Waals surface area (Å²) in [6.07, 6.45) is -2.67. The van der Waals surface area contributed by atoms with Crippen molar-refractivity contribution in [1.82, 2.24) is 15.5 Å². The third kappa shape index (κ3) is 5.53. The molecule has 2 amide bonds. The second-order valence-corrected chi connectivity index (χ2v) is 6.24. The van der Waals surface area contributed by atoms with E-state index in [0.717, 1.165) is 0 Å². The Morgan fingerprint density at radius 1 is 1.20 bits per heavy atom. The van der Waals surface area contributed by atoms with Crippen LogP contribution in [0.4, 0.5) is 0 Å². The van der Waals surface area contributed by atoms with E-state index in [-0.39, 0.29) is 24.6 Å². The molecule has 0 radical (unpaired) electrons. The van der Waals surface area contributed by atoms with Gasteiger partial charge in [-0.3, -0.25) is 9.59 Å². The van der Waals surface area contributed by atoms with Gasteiger partial charge in [0.15, 0.2) is 5.76 Å². The third-order valence-corrected chi connectivity index (χ3v) is 3.94. The van der Waals surface area contributed by atoms with Crippen LogP contribution in [0, 0.1) is 0 Å². The molecule has 0 aliphatic carbocycles. The number of ether oxygens (including phenoxy) is 1. The molecule has 1 aliphatic heterocycles. The Labute approximate surface area is 145 Å². The maximum absolute atomic E-state index is 11.9. The van der Waals surface area contributed by atoms with E-state index >= 15 is 0 Å². The molecule has 0 unspecified atom stereocenters. The molecule has 0 aromatic carbocycles. The first-order valence-electron chi connectivity index (χ1n) is 8.13. The number of likely N-dealkylation sites (N-methyl/N-ethyl adjacent to an activating group) is 1. The third-order valence-electron chi connectivity index (χ3n) is 3.94. The Hall–Kier alpha value is -1.94. The molecule has 0 bridgehead atoms. The molecule has 2 rings (SSSR count). The lowest BCUT2D eigenvalue weighted by atomic mass is 10.1. The highest BCUT2D eigenvalue weighted by Crippen LogP contribution is 2.23. The van der Waals surface area contributed by atoms with Crippen molar-refractivity contribution in [2.45, 2.75) is 30.8 Å². The highest BCUT2D eigenvalue weighted by atomic mass is 16.5. The van der Waals surface area contributed by atoms with E-state index in [1.54, 1.807) is 6.07 Å². The quantitative estimate of drug-likeness (QED) is 0.450. The standard InChI is InChI=1S/C16H25N3O6/c1-19(2)6-5-17-13(20)8-11-14(21)15(22)12(25-11)9-18-16(23)10-4-3-7-24-10/h3-4,7,11-12,14-15,21-22H,5-6,8-9H2,1-2H3,(H,17,20)(H,18,23)/t11-,12+,14-,15+/m0/s1. The Balaban J connectivity index is 1.77. The number of aliphatic hydroxyl groups excluding tert-OH is 2. The molecule has 0 saturated carbocycles. The second kappa shape index (κ2) is 8.95. The smallest absolute Gasteiger partial charge is 0.287 e. The lowest BCUT2D eigenvalue weighted by molar-refractivity contribution is -0.125. The molecule has 9 heteroatoms. The summed E-state index contributed by atoms with van der Waals surface area (Å²) >= 11 is 0. The number of rotatable bonds is 8. The number of carbonyl (C=O) groups excluding carboxylic acids is 2. The van der Waals surface area contributed by atoms with E-state index in [0.29, 0.717) is 13.1 Å². The van der Waals surface area contributed by atoms with Gasteiger partial charge in [0.1, 0.15) is 18.3 Å². The minimum absolute atomic E-state index is 0.00346. The molecular formula is C16H25N3O6. The summed E-state index contributed by atoms with van der Waals surface area (Å²) in [5.74, 6) is -0.566. The summed E-state index contributed by atoms with van der Waals surface area (Å²) in [5, 5.41) is 25.4. The topological polar surface area (TPSA) is 124 Å². The zero-order valence-electron chi connectivity index (χ0n) is 14.3. The van der Waals surface area contributed by atoms with Crippen LogP contribution in [0.1, 0.15) is 17.0 Å². The van der Waals surface area contributed by atoms with Gasteiger partial charge in [-0.05, 0) is 26.2 Å². The lowest BCUT2D eigenvalue weighted by Crippen LogP contribution is -2.40. The summed E-state index contributed by atoms with van der Waals surface area (Å²) in [7, 11) is 3.79. The average Bonchev–Trinajstić information content (AvgIpc) is 3.17. The van der Waals surface area contributed by atoms with Crippen molar-refractivity contribution in [3.63, 3.8) is 0 Å². The Morgan fingerprint density at radius 2 is 1.92 bits per heavy atom. The number of nitrogens with one attached hydrogen (secondary N) is 2. The molecule has 25 heavy (non-hydrogen) atoms. The van der Waals surface area contributed by atoms with Crippen molar-refractivity contribution in [3.8, 4) is 0 Å². The van der Waals surface area contributed by atoms with Gasteiger partial charge in [-0.25, -0.2) is 0 Å². The number of carbonyl (C=O) groups is 2. The number of furan rings is 1. The van der Waals surface area contributed by atoms with Crippen molar-refractivity contribution in [2.24, 2.45) is 0 Å². The van der Waals surface area contributed by atoms with Crippen molar-refractivity contribution < 1.29 is 29.0 Å². The summed E-state index contributed by atoms with van der Waals surface area (Å²) < 4.78 is 10.5. The average molecular weight is 355 g/mol. The SMILES string of the molecule is CN(C)CCNC(=O)C[C@@H]1O[C@H](CNC(=O)c2ccco2)[C@@H](O)[C@H]1O. The Morgan fingerprint density at radius 3 is 2.56 bits per heavy atom. The largest absolute Gasteiger partial charge is 0.459 e. The molecule has 0 spiro atoms. The normalized spacial score (nSPS) is 26.0. The second-order valence-electron chi connectivity index (χ2n) is 6.24. The van der Waals surface area contributed by atoms with Crippen LogP contribution in [0.5, 0.6) is 0 Å². The van der Waals surface area contributed by atoms with Crippen LogP contribution in [0.2, 0.25) is 0 Å². The van der Waals surface area contributed by atoms with Crippen molar-refractivity contribution in [1.29, 1.82) is 0 Å². The van der Waals surface area contributed by atoms with Crippen LogP contribution >= 0.6 is 0 Å². The number of nitrogens with zero attached hydrogens (tertiary/aromatic N) is 1. The first-order chi connectivity index (χ1) is 11.9. The molecule has 4 N–H and O–H groups in total. The van der Waals surface area contributed by atoms with Crippen molar-refractivity contribution in [3.05, 3.63) is 24.2 Å². The van der Waals surface area contributed by atoms with Crippen LogP contribution in [-0.2, 0) is 9.53 Å². The fourth-order valence-electron chi connectivity index (χ4n) is 2.53. The molecule has 2 heterocycles. The number of aliphatic hydroxyl groups is 2. The van der Waals surface area contributed by atoms with Gasteiger partial charge >= 0.3 is 0 Å². The molecule has 140 valence electrons. The van der Waals surface area contributed by atoms with Crippen LogP contribution in [0.3, 0.4) is 0 Å². The highest BCUT2D eigenvalue weighted by Gasteiger charge is 2.43. The zero-order valence-corrected chi connectivity index (χ0v) is 14.3. The van der Waals surface area contributed by atoms with E-state index in [1.165, 1.54) is 12.3 Å². The molecule has 1 aromatic heterocycles. The van der Waals surface area contributed by atoms with Crippen LogP contribution < -0.4 is 10.6 Å². The molecule has 1 aromatic rings. The summed E-state index contributed by atoms with van der Waals surface area (Å²) in [6.45, 7) is 1.18. The summed E-state index contributed by atoms with van der Waals surface area (Å²) in [5.41, 5.74) is 0. The maximum Gasteiger partial charge on any atom is 0.287 e. The lowest BCUT2D eigenvalue weighted by Gasteiger charge is -2.15. The first-order valence-corrected chi connectivity index (χ1v) is 8.13. The molecule has 1 fully saturated rings. The van der Waals surface area contributed by atoms with E-state index in [4.69, 9.17) is 9.15 Å². The fraction of sp³-hybridized carbons (Fsp3) is 0.625. The summed E-state index contributed by atoms with van der Waals surface area (Å²) in [6, 6.07) is 3.10. The van der Waals surface area contributed by atoms with Gasteiger partial charge in [-0.15, -0.1) is 0 Å². The molecule has 1 aliphatic rings. The first kappa shape index (κ1) is 19.4. The van der Waals surface area contributed by atoms with Gasteiger partial charge in [0.2, 0.25) is 5.91 Å². The van der Waals surface area contributed by atoms with Crippen LogP contribution in [-0.4, -0.2) is 85.1 Å².